The molecule has 0 radical (unpaired) electrons. The SMILES string of the molecule is CCOC(=O)C1=C(COCCN)NC2=C(C(=O)CC(C)(C)C2)C1c1cc(OC)cc(OC)c1. The maximum atomic E-state index is 13.4. The van der Waals surface area contributed by atoms with Crippen LogP contribution in [-0.4, -0.2) is 52.3 Å². The van der Waals surface area contributed by atoms with E-state index in [0.717, 1.165) is 5.70 Å². The zero-order chi connectivity index (χ0) is 24.2. The van der Waals surface area contributed by atoms with Gasteiger partial charge in [-0.3, -0.25) is 4.79 Å². The Balaban J connectivity index is 2.24. The summed E-state index contributed by atoms with van der Waals surface area (Å²) in [5.74, 6) is 0.0106. The minimum absolute atomic E-state index is 0.00395. The van der Waals surface area contributed by atoms with Gasteiger partial charge in [-0.15, -0.1) is 0 Å². The second-order valence-electron chi connectivity index (χ2n) is 8.99. The van der Waals surface area contributed by atoms with E-state index in [-0.39, 0.29) is 24.4 Å². The van der Waals surface area contributed by atoms with Crippen LogP contribution in [0.25, 0.3) is 0 Å². The van der Waals surface area contributed by atoms with Gasteiger partial charge in [-0.2, -0.15) is 0 Å². The quantitative estimate of drug-likeness (QED) is 0.430. The standard InChI is InChI=1S/C25H34N2O6/c1-6-33-24(29)23-19(14-32-8-7-26)27-18-12-25(2,3)13-20(28)22(18)21(23)15-9-16(30-4)11-17(10-15)31-5/h9-11,21,27H,6-8,12-14,26H2,1-5H3. The number of ketones is 1. The lowest BCUT2D eigenvalue weighted by molar-refractivity contribution is -0.139. The molecular weight excluding hydrogens is 424 g/mol. The van der Waals surface area contributed by atoms with Crippen LogP contribution in [0.1, 0.15) is 45.1 Å². The Labute approximate surface area is 195 Å². The molecule has 0 fully saturated rings. The third-order valence-corrected chi connectivity index (χ3v) is 5.84. The highest BCUT2D eigenvalue weighted by Crippen LogP contribution is 2.47. The summed E-state index contributed by atoms with van der Waals surface area (Å²) < 4.78 is 22.1. The number of Topliss-reactive ketones (excluding diaryl/α,β-unsaturated/α-hetero) is 1. The number of nitrogens with one attached hydrogen (secondary N) is 1. The monoisotopic (exact) mass is 458 g/mol. The number of carbonyl (C=O) groups is 2. The molecule has 0 saturated carbocycles. The van der Waals surface area contributed by atoms with Gasteiger partial charge in [0, 0.05) is 36.2 Å². The molecule has 3 N–H and O–H groups in total. The summed E-state index contributed by atoms with van der Waals surface area (Å²) >= 11 is 0. The van der Waals surface area contributed by atoms with E-state index in [1.807, 2.05) is 12.1 Å². The molecule has 0 bridgehead atoms. The average Bonchev–Trinajstić information content (AvgIpc) is 2.77. The number of methoxy groups -OCH3 is 2. The van der Waals surface area contributed by atoms with E-state index in [1.54, 1.807) is 27.2 Å². The minimum atomic E-state index is -0.635. The highest BCUT2D eigenvalue weighted by molar-refractivity contribution is 6.04. The van der Waals surface area contributed by atoms with Crippen molar-refractivity contribution in [2.24, 2.45) is 11.1 Å². The normalized spacial score (nSPS) is 19.7. The summed E-state index contributed by atoms with van der Waals surface area (Å²) in [6.45, 7) is 6.94. The Bertz CT molecular complexity index is 957. The molecule has 1 aromatic rings. The van der Waals surface area contributed by atoms with Crippen molar-refractivity contribution in [1.82, 2.24) is 5.32 Å². The molecule has 180 valence electrons. The molecule has 0 spiro atoms. The van der Waals surface area contributed by atoms with Crippen molar-refractivity contribution in [2.45, 2.75) is 39.5 Å². The number of ether oxygens (including phenoxy) is 4. The van der Waals surface area contributed by atoms with Crippen LogP contribution in [0, 0.1) is 5.41 Å². The number of benzene rings is 1. The van der Waals surface area contributed by atoms with Gasteiger partial charge in [0.25, 0.3) is 0 Å². The minimum Gasteiger partial charge on any atom is -0.497 e. The van der Waals surface area contributed by atoms with Crippen LogP contribution in [-0.2, 0) is 19.1 Å². The number of carbonyl (C=O) groups excluding carboxylic acids is 2. The van der Waals surface area contributed by atoms with Crippen molar-refractivity contribution in [3.8, 4) is 11.5 Å². The molecule has 0 aromatic heterocycles. The molecule has 8 nitrogen and oxygen atoms in total. The van der Waals surface area contributed by atoms with E-state index in [4.69, 9.17) is 24.7 Å². The maximum Gasteiger partial charge on any atom is 0.336 e. The summed E-state index contributed by atoms with van der Waals surface area (Å²) in [5, 5.41) is 3.36. The van der Waals surface area contributed by atoms with Crippen molar-refractivity contribution in [3.05, 3.63) is 46.3 Å². The van der Waals surface area contributed by atoms with E-state index < -0.39 is 11.9 Å². The van der Waals surface area contributed by atoms with Gasteiger partial charge in [0.1, 0.15) is 11.5 Å². The number of allylic oxidation sites excluding steroid dienone is 2. The predicted octanol–water partition coefficient (Wildman–Crippen LogP) is 2.83. The first kappa shape index (κ1) is 24.8. The van der Waals surface area contributed by atoms with Gasteiger partial charge in [-0.25, -0.2) is 4.79 Å². The first-order valence-electron chi connectivity index (χ1n) is 11.2. The molecule has 1 aliphatic heterocycles. The Hall–Kier alpha value is -2.84. The highest BCUT2D eigenvalue weighted by atomic mass is 16.5. The Morgan fingerprint density at radius 2 is 1.82 bits per heavy atom. The van der Waals surface area contributed by atoms with Gasteiger partial charge in [0.05, 0.1) is 45.3 Å². The summed E-state index contributed by atoms with van der Waals surface area (Å²) in [7, 11) is 3.13. The van der Waals surface area contributed by atoms with E-state index in [1.165, 1.54) is 0 Å². The van der Waals surface area contributed by atoms with Crippen molar-refractivity contribution in [1.29, 1.82) is 0 Å². The summed E-state index contributed by atoms with van der Waals surface area (Å²) in [4.78, 5) is 26.7. The molecule has 1 aliphatic carbocycles. The molecule has 1 unspecified atom stereocenters. The van der Waals surface area contributed by atoms with Gasteiger partial charge in [0.2, 0.25) is 0 Å². The first-order valence-corrected chi connectivity index (χ1v) is 11.2. The Morgan fingerprint density at radius 3 is 2.39 bits per heavy atom. The maximum absolute atomic E-state index is 13.4. The number of esters is 1. The fourth-order valence-corrected chi connectivity index (χ4v) is 4.50. The summed E-state index contributed by atoms with van der Waals surface area (Å²) in [6, 6.07) is 5.41. The van der Waals surface area contributed by atoms with Crippen LogP contribution in [0.3, 0.4) is 0 Å². The van der Waals surface area contributed by atoms with Crippen LogP contribution in [0.5, 0.6) is 11.5 Å². The molecule has 1 atom stereocenters. The predicted molar refractivity (Wildman–Crippen MR) is 124 cm³/mol. The smallest absolute Gasteiger partial charge is 0.336 e. The summed E-state index contributed by atoms with van der Waals surface area (Å²) in [5.41, 5.74) is 8.43. The third-order valence-electron chi connectivity index (χ3n) is 5.84. The molecule has 8 heteroatoms. The molecule has 1 aromatic carbocycles. The van der Waals surface area contributed by atoms with E-state index in [2.05, 4.69) is 19.2 Å². The molecule has 1 heterocycles. The summed E-state index contributed by atoms with van der Waals surface area (Å²) in [6.07, 6.45) is 1.06. The molecular formula is C25H34N2O6. The van der Waals surface area contributed by atoms with E-state index in [9.17, 15) is 9.59 Å². The largest absolute Gasteiger partial charge is 0.497 e. The van der Waals surface area contributed by atoms with E-state index >= 15 is 0 Å². The van der Waals surface area contributed by atoms with Gasteiger partial charge >= 0.3 is 5.97 Å². The van der Waals surface area contributed by atoms with Crippen LogP contribution < -0.4 is 20.5 Å². The lowest BCUT2D eigenvalue weighted by Gasteiger charge is -2.40. The van der Waals surface area contributed by atoms with Crippen molar-refractivity contribution in [2.75, 3.05) is 40.6 Å². The molecule has 2 aliphatic rings. The molecule has 33 heavy (non-hydrogen) atoms. The van der Waals surface area contributed by atoms with Gasteiger partial charge in [0.15, 0.2) is 5.78 Å². The Morgan fingerprint density at radius 1 is 1.15 bits per heavy atom. The number of hydrogen-bond acceptors (Lipinski definition) is 8. The second kappa shape index (κ2) is 10.4. The number of dihydropyridines is 1. The van der Waals surface area contributed by atoms with Gasteiger partial charge in [-0.1, -0.05) is 13.8 Å². The fourth-order valence-electron chi connectivity index (χ4n) is 4.50. The van der Waals surface area contributed by atoms with E-state index in [0.29, 0.717) is 59.9 Å². The molecule has 3 rings (SSSR count). The zero-order valence-electron chi connectivity index (χ0n) is 20.1. The number of rotatable bonds is 9. The molecule has 0 amide bonds. The zero-order valence-corrected chi connectivity index (χ0v) is 20.1. The second-order valence-corrected chi connectivity index (χ2v) is 8.99. The van der Waals surface area contributed by atoms with Crippen LogP contribution in [0.2, 0.25) is 0 Å². The van der Waals surface area contributed by atoms with Crippen LogP contribution in [0.15, 0.2) is 40.7 Å². The van der Waals surface area contributed by atoms with Gasteiger partial charge < -0.3 is 30.0 Å². The topological polar surface area (TPSA) is 109 Å². The highest BCUT2D eigenvalue weighted by Gasteiger charge is 2.44. The number of nitrogens with two attached hydrogens (primary N) is 1. The lowest BCUT2D eigenvalue weighted by Crippen LogP contribution is -2.40. The van der Waals surface area contributed by atoms with Crippen LogP contribution >= 0.6 is 0 Å². The average molecular weight is 459 g/mol. The fraction of sp³-hybridized carbons (Fsp3) is 0.520. The Kier molecular flexibility index (Phi) is 7.81. The lowest BCUT2D eigenvalue weighted by atomic mass is 9.68. The third kappa shape index (κ3) is 5.39. The number of hydrogen-bond donors (Lipinski definition) is 2. The van der Waals surface area contributed by atoms with Gasteiger partial charge in [-0.05, 0) is 36.5 Å². The molecule has 0 saturated heterocycles. The van der Waals surface area contributed by atoms with Crippen molar-refractivity contribution in [3.63, 3.8) is 0 Å². The van der Waals surface area contributed by atoms with Crippen molar-refractivity contribution < 1.29 is 28.5 Å². The van der Waals surface area contributed by atoms with Crippen LogP contribution in [0.4, 0.5) is 0 Å². The van der Waals surface area contributed by atoms with Crippen molar-refractivity contribution >= 4 is 11.8 Å². The first-order chi connectivity index (χ1) is 15.7.